The molecule has 1 heterocycles. The molecule has 1 aromatic rings. The largest absolute Gasteiger partial charge is 0.492 e. The lowest BCUT2D eigenvalue weighted by Gasteiger charge is -2.05. The van der Waals surface area contributed by atoms with Crippen LogP contribution in [0.15, 0.2) is 4.79 Å². The second-order valence-electron chi connectivity index (χ2n) is 2.24. The summed E-state index contributed by atoms with van der Waals surface area (Å²) in [6.07, 6.45) is 0. The number of rotatable bonds is 1. The Bertz CT molecular complexity index is 433. The third-order valence-corrected chi connectivity index (χ3v) is 2.18. The maximum Gasteiger partial charge on any atom is 0.288 e. The summed E-state index contributed by atoms with van der Waals surface area (Å²) in [5, 5.41) is 12.6. The van der Waals surface area contributed by atoms with E-state index in [1.54, 1.807) is 6.07 Å². The maximum absolute atomic E-state index is 11.3. The first-order valence-corrected chi connectivity index (χ1v) is 4.40. The first-order valence-electron chi connectivity index (χ1n) is 3.32. The number of methoxy groups -OCH3 is 1. The number of hydrogen-bond acceptors (Lipinski definition) is 4. The predicted octanol–water partition coefficient (Wildman–Crippen LogP) is 0.265. The van der Waals surface area contributed by atoms with Gasteiger partial charge in [-0.2, -0.15) is 10.4 Å². The van der Waals surface area contributed by atoms with Crippen LogP contribution in [-0.2, 0) is 7.05 Å². The zero-order valence-corrected chi connectivity index (χ0v) is 9.19. The van der Waals surface area contributed by atoms with Crippen LogP contribution in [0.3, 0.4) is 0 Å². The highest BCUT2D eigenvalue weighted by Gasteiger charge is 2.14. The van der Waals surface area contributed by atoms with Crippen molar-refractivity contribution in [1.29, 1.82) is 5.26 Å². The fourth-order valence-electron chi connectivity index (χ4n) is 0.869. The van der Waals surface area contributed by atoms with Gasteiger partial charge in [0.2, 0.25) is 0 Å². The smallest absolute Gasteiger partial charge is 0.288 e. The average molecular weight is 291 g/mol. The molecule has 0 fully saturated rings. The summed E-state index contributed by atoms with van der Waals surface area (Å²) in [5.74, 6) is 0.242. The predicted molar refractivity (Wildman–Crippen MR) is 53.5 cm³/mol. The molecule has 0 atom stereocenters. The van der Waals surface area contributed by atoms with Crippen LogP contribution in [0.2, 0.25) is 0 Å². The molecule has 1 rings (SSSR count). The van der Waals surface area contributed by atoms with E-state index in [4.69, 9.17) is 10.00 Å². The Morgan fingerprint density at radius 3 is 2.77 bits per heavy atom. The van der Waals surface area contributed by atoms with E-state index in [9.17, 15) is 4.79 Å². The molecule has 0 aliphatic heterocycles. The van der Waals surface area contributed by atoms with Crippen LogP contribution in [0.4, 0.5) is 0 Å². The topological polar surface area (TPSA) is 67.9 Å². The number of nitriles is 1. The number of ether oxygens (including phenoxy) is 1. The molecule has 0 spiro atoms. The highest BCUT2D eigenvalue weighted by Crippen LogP contribution is 2.18. The molecule has 68 valence electrons. The maximum atomic E-state index is 11.3. The van der Waals surface area contributed by atoms with E-state index in [0.29, 0.717) is 3.70 Å². The molecule has 0 saturated heterocycles. The molecule has 0 N–H and O–H groups in total. The monoisotopic (exact) mass is 291 g/mol. The van der Waals surface area contributed by atoms with Gasteiger partial charge in [0.25, 0.3) is 5.56 Å². The summed E-state index contributed by atoms with van der Waals surface area (Å²) in [4.78, 5) is 11.3. The Labute approximate surface area is 88.1 Å². The third kappa shape index (κ3) is 1.65. The molecule has 1 aromatic heterocycles. The van der Waals surface area contributed by atoms with Crippen LogP contribution in [0.1, 0.15) is 5.56 Å². The van der Waals surface area contributed by atoms with E-state index in [-0.39, 0.29) is 11.3 Å². The van der Waals surface area contributed by atoms with Crippen LogP contribution in [0, 0.1) is 15.0 Å². The molecule has 0 aliphatic rings. The summed E-state index contributed by atoms with van der Waals surface area (Å²) in [6, 6.07) is 1.79. The minimum absolute atomic E-state index is 0.00981. The van der Waals surface area contributed by atoms with Crippen molar-refractivity contribution >= 4 is 22.6 Å². The molecule has 0 aliphatic carbocycles. The average Bonchev–Trinajstić information content (AvgIpc) is 2.10. The Kier molecular flexibility index (Phi) is 2.87. The second-order valence-corrected chi connectivity index (χ2v) is 3.26. The first kappa shape index (κ1) is 9.98. The van der Waals surface area contributed by atoms with Gasteiger partial charge in [0.05, 0.1) is 7.11 Å². The highest BCUT2D eigenvalue weighted by molar-refractivity contribution is 14.1. The van der Waals surface area contributed by atoms with Crippen molar-refractivity contribution in [2.24, 2.45) is 7.05 Å². The van der Waals surface area contributed by atoms with Crippen LogP contribution in [0.5, 0.6) is 5.75 Å². The van der Waals surface area contributed by atoms with E-state index >= 15 is 0 Å². The van der Waals surface area contributed by atoms with Crippen molar-refractivity contribution in [2.45, 2.75) is 0 Å². The summed E-state index contributed by atoms with van der Waals surface area (Å²) in [6.45, 7) is 0. The van der Waals surface area contributed by atoms with Gasteiger partial charge in [-0.25, -0.2) is 4.68 Å². The van der Waals surface area contributed by atoms with Crippen LogP contribution in [0.25, 0.3) is 0 Å². The van der Waals surface area contributed by atoms with Gasteiger partial charge in [-0.05, 0) is 22.6 Å². The van der Waals surface area contributed by atoms with E-state index in [1.807, 2.05) is 22.6 Å². The molecule has 0 amide bonds. The van der Waals surface area contributed by atoms with Crippen LogP contribution in [-0.4, -0.2) is 16.9 Å². The van der Waals surface area contributed by atoms with E-state index < -0.39 is 5.56 Å². The van der Waals surface area contributed by atoms with Gasteiger partial charge >= 0.3 is 0 Å². The molecule has 13 heavy (non-hydrogen) atoms. The van der Waals surface area contributed by atoms with Crippen molar-refractivity contribution in [3.8, 4) is 11.8 Å². The number of hydrogen-bond donors (Lipinski definition) is 0. The third-order valence-electron chi connectivity index (χ3n) is 1.48. The lowest BCUT2D eigenvalue weighted by molar-refractivity contribution is 0.402. The van der Waals surface area contributed by atoms with Crippen LogP contribution < -0.4 is 10.3 Å². The zero-order chi connectivity index (χ0) is 10.0. The van der Waals surface area contributed by atoms with Gasteiger partial charge in [-0.3, -0.25) is 4.79 Å². The molecule has 0 aromatic carbocycles. The quantitative estimate of drug-likeness (QED) is 0.696. The van der Waals surface area contributed by atoms with Crippen molar-refractivity contribution in [3.63, 3.8) is 0 Å². The second kappa shape index (κ2) is 3.74. The Morgan fingerprint density at radius 2 is 2.31 bits per heavy atom. The van der Waals surface area contributed by atoms with E-state index in [2.05, 4.69) is 5.10 Å². The Balaban J connectivity index is 3.64. The fraction of sp³-hybridized carbons (Fsp3) is 0.286. The van der Waals surface area contributed by atoms with Gasteiger partial charge in [-0.1, -0.05) is 0 Å². The summed E-state index contributed by atoms with van der Waals surface area (Å²) in [7, 11) is 2.89. The van der Waals surface area contributed by atoms with Gasteiger partial charge in [0.1, 0.15) is 6.07 Å². The van der Waals surface area contributed by atoms with Crippen molar-refractivity contribution in [3.05, 3.63) is 19.6 Å². The molecular formula is C7H6IN3O2. The highest BCUT2D eigenvalue weighted by atomic mass is 127. The lowest BCUT2D eigenvalue weighted by Crippen LogP contribution is -2.24. The Hall–Kier alpha value is -1.10. The molecule has 0 bridgehead atoms. The normalized spacial score (nSPS) is 9.38. The van der Waals surface area contributed by atoms with Gasteiger partial charge < -0.3 is 4.74 Å². The van der Waals surface area contributed by atoms with E-state index in [0.717, 1.165) is 4.68 Å². The van der Waals surface area contributed by atoms with Crippen molar-refractivity contribution in [2.75, 3.05) is 7.11 Å². The molecule has 5 nitrogen and oxygen atoms in total. The van der Waals surface area contributed by atoms with Gasteiger partial charge in [0.15, 0.2) is 15.0 Å². The molecular weight excluding hydrogens is 285 g/mol. The standard InChI is InChI=1S/C7H6IN3O2/c1-11-7(12)4(3-9)5(13-2)6(8)10-11/h1-2H3. The minimum atomic E-state index is -0.445. The van der Waals surface area contributed by atoms with Crippen LogP contribution >= 0.6 is 22.6 Å². The Morgan fingerprint density at radius 1 is 1.69 bits per heavy atom. The molecule has 0 saturated carbocycles. The summed E-state index contributed by atoms with van der Waals surface area (Å²) >= 11 is 1.90. The van der Waals surface area contributed by atoms with E-state index in [1.165, 1.54) is 14.2 Å². The van der Waals surface area contributed by atoms with Gasteiger partial charge in [-0.15, -0.1) is 0 Å². The molecule has 0 unspecified atom stereocenters. The first-order chi connectivity index (χ1) is 6.11. The number of aromatic nitrogens is 2. The molecule has 0 radical (unpaired) electrons. The lowest BCUT2D eigenvalue weighted by atomic mass is 10.3. The van der Waals surface area contributed by atoms with Gasteiger partial charge in [0, 0.05) is 7.05 Å². The van der Waals surface area contributed by atoms with Crippen molar-refractivity contribution in [1.82, 2.24) is 9.78 Å². The number of aryl methyl sites for hydroxylation is 1. The minimum Gasteiger partial charge on any atom is -0.492 e. The summed E-state index contributed by atoms with van der Waals surface area (Å²) in [5.41, 5.74) is -0.454. The number of halogens is 1. The zero-order valence-electron chi connectivity index (χ0n) is 7.04. The number of nitrogens with zero attached hydrogens (tertiary/aromatic N) is 3. The summed E-state index contributed by atoms with van der Waals surface area (Å²) < 4.78 is 6.51. The van der Waals surface area contributed by atoms with Crippen molar-refractivity contribution < 1.29 is 4.74 Å². The molecule has 6 heteroatoms. The fourth-order valence-corrected chi connectivity index (χ4v) is 1.68. The SMILES string of the molecule is COc1c(I)nn(C)c(=O)c1C#N.